The number of primary amides is 1. The molecule has 23 heavy (non-hydrogen) atoms. The Labute approximate surface area is 132 Å². The Morgan fingerprint density at radius 1 is 1.17 bits per heavy atom. The van der Waals surface area contributed by atoms with Crippen LogP contribution in [0.2, 0.25) is 0 Å². The molecule has 3 N–H and O–H groups in total. The monoisotopic (exact) mass is 316 g/mol. The molecule has 120 valence electrons. The number of rotatable bonds is 5. The molecule has 1 aromatic carbocycles. The average molecular weight is 316 g/mol. The SMILES string of the molecule is Cc1occc1C(=O)O[C@@H](C)C(=O)Nc1ccc(C(N)=O)cc1. The standard InChI is InChI=1S/C16H16N2O5/c1-9-13(7-8-22-9)16(21)23-10(2)15(20)18-12-5-3-11(4-6-12)14(17)19/h3-8,10H,1-2H3,(H2,17,19)(H,18,20)/t10-/m0/s1. The van der Waals surface area contributed by atoms with Gasteiger partial charge < -0.3 is 20.2 Å². The molecule has 0 radical (unpaired) electrons. The number of esters is 1. The number of anilines is 1. The first-order valence-electron chi connectivity index (χ1n) is 6.84. The van der Waals surface area contributed by atoms with E-state index < -0.39 is 23.9 Å². The highest BCUT2D eigenvalue weighted by atomic mass is 16.5. The lowest BCUT2D eigenvalue weighted by atomic mass is 10.2. The molecule has 1 atom stereocenters. The van der Waals surface area contributed by atoms with Gasteiger partial charge in [-0.25, -0.2) is 4.79 Å². The number of benzene rings is 1. The maximum atomic E-state index is 12.0. The third-order valence-electron chi connectivity index (χ3n) is 3.17. The Morgan fingerprint density at radius 2 is 1.83 bits per heavy atom. The smallest absolute Gasteiger partial charge is 0.342 e. The summed E-state index contributed by atoms with van der Waals surface area (Å²) in [6.07, 6.45) is 0.379. The molecule has 7 heteroatoms. The summed E-state index contributed by atoms with van der Waals surface area (Å²) < 4.78 is 10.1. The maximum Gasteiger partial charge on any atom is 0.342 e. The molecule has 1 aromatic heterocycles. The van der Waals surface area contributed by atoms with Gasteiger partial charge in [0.2, 0.25) is 5.91 Å². The van der Waals surface area contributed by atoms with Crippen LogP contribution in [0.1, 0.15) is 33.4 Å². The van der Waals surface area contributed by atoms with Crippen molar-refractivity contribution >= 4 is 23.5 Å². The molecule has 0 bridgehead atoms. The van der Waals surface area contributed by atoms with Crippen LogP contribution < -0.4 is 11.1 Å². The first-order valence-corrected chi connectivity index (χ1v) is 6.84. The minimum absolute atomic E-state index is 0.274. The van der Waals surface area contributed by atoms with Crippen molar-refractivity contribution in [3.8, 4) is 0 Å². The van der Waals surface area contributed by atoms with E-state index in [0.717, 1.165) is 0 Å². The van der Waals surface area contributed by atoms with Gasteiger partial charge in [0, 0.05) is 11.3 Å². The van der Waals surface area contributed by atoms with E-state index in [2.05, 4.69) is 5.32 Å². The van der Waals surface area contributed by atoms with E-state index >= 15 is 0 Å². The summed E-state index contributed by atoms with van der Waals surface area (Å²) in [5.74, 6) is -1.26. The first-order chi connectivity index (χ1) is 10.9. The minimum atomic E-state index is -0.993. The molecule has 2 amide bonds. The number of ether oxygens (including phenoxy) is 1. The predicted molar refractivity (Wildman–Crippen MR) is 81.9 cm³/mol. The van der Waals surface area contributed by atoms with Crippen molar-refractivity contribution in [3.05, 3.63) is 53.5 Å². The van der Waals surface area contributed by atoms with Gasteiger partial charge in [0.15, 0.2) is 6.10 Å². The lowest BCUT2D eigenvalue weighted by molar-refractivity contribution is -0.123. The molecule has 0 aliphatic rings. The Kier molecular flexibility index (Phi) is 4.80. The number of nitrogens with two attached hydrogens (primary N) is 1. The molecule has 0 saturated carbocycles. The van der Waals surface area contributed by atoms with E-state index in [4.69, 9.17) is 14.9 Å². The third-order valence-corrected chi connectivity index (χ3v) is 3.17. The Bertz CT molecular complexity index is 733. The fraction of sp³-hybridized carbons (Fsp3) is 0.188. The Balaban J connectivity index is 1.96. The van der Waals surface area contributed by atoms with Crippen molar-refractivity contribution in [1.82, 2.24) is 0 Å². The van der Waals surface area contributed by atoms with Crippen LogP contribution in [-0.2, 0) is 9.53 Å². The maximum absolute atomic E-state index is 12.0. The zero-order valence-electron chi connectivity index (χ0n) is 12.7. The van der Waals surface area contributed by atoms with E-state index in [1.54, 1.807) is 6.92 Å². The summed E-state index contributed by atoms with van der Waals surface area (Å²) in [4.78, 5) is 34.9. The Morgan fingerprint density at radius 3 is 2.35 bits per heavy atom. The second kappa shape index (κ2) is 6.78. The molecular formula is C16H16N2O5. The number of carbonyl (C=O) groups is 3. The first kappa shape index (κ1) is 16.3. The fourth-order valence-electron chi connectivity index (χ4n) is 1.84. The zero-order valence-corrected chi connectivity index (χ0v) is 12.7. The fourth-order valence-corrected chi connectivity index (χ4v) is 1.84. The van der Waals surface area contributed by atoms with Crippen LogP contribution in [-0.4, -0.2) is 23.9 Å². The number of aryl methyl sites for hydroxylation is 1. The second-order valence-electron chi connectivity index (χ2n) is 4.87. The van der Waals surface area contributed by atoms with Crippen molar-refractivity contribution in [2.75, 3.05) is 5.32 Å². The summed E-state index contributed by atoms with van der Waals surface area (Å²) in [7, 11) is 0. The van der Waals surface area contributed by atoms with Crippen LogP contribution in [0.15, 0.2) is 41.0 Å². The van der Waals surface area contributed by atoms with Gasteiger partial charge in [-0.1, -0.05) is 0 Å². The number of hydrogen-bond acceptors (Lipinski definition) is 5. The molecule has 0 spiro atoms. The van der Waals surface area contributed by atoms with E-state index in [1.807, 2.05) is 0 Å². The zero-order chi connectivity index (χ0) is 17.0. The molecule has 7 nitrogen and oxygen atoms in total. The lowest BCUT2D eigenvalue weighted by Gasteiger charge is -2.13. The van der Waals surface area contributed by atoms with Gasteiger partial charge in [-0.15, -0.1) is 0 Å². The summed E-state index contributed by atoms with van der Waals surface area (Å²) in [6, 6.07) is 7.53. The van der Waals surface area contributed by atoms with E-state index in [1.165, 1.54) is 43.5 Å². The molecule has 1 heterocycles. The van der Waals surface area contributed by atoms with Gasteiger partial charge in [-0.3, -0.25) is 9.59 Å². The largest absolute Gasteiger partial charge is 0.469 e. The van der Waals surface area contributed by atoms with E-state index in [0.29, 0.717) is 17.0 Å². The lowest BCUT2D eigenvalue weighted by Crippen LogP contribution is -2.30. The number of amides is 2. The molecule has 2 aromatic rings. The Hall–Kier alpha value is -3.09. The van der Waals surface area contributed by atoms with Gasteiger partial charge in [-0.05, 0) is 44.2 Å². The molecule has 2 rings (SSSR count). The van der Waals surface area contributed by atoms with Crippen molar-refractivity contribution in [3.63, 3.8) is 0 Å². The van der Waals surface area contributed by atoms with Gasteiger partial charge >= 0.3 is 5.97 Å². The van der Waals surface area contributed by atoms with Gasteiger partial charge in [0.25, 0.3) is 5.91 Å². The predicted octanol–water partition coefficient (Wildman–Crippen LogP) is 1.87. The number of nitrogens with one attached hydrogen (secondary N) is 1. The average Bonchev–Trinajstić information content (AvgIpc) is 2.93. The molecular weight excluding hydrogens is 300 g/mol. The van der Waals surface area contributed by atoms with E-state index in [9.17, 15) is 14.4 Å². The van der Waals surface area contributed by atoms with Crippen molar-refractivity contribution in [2.24, 2.45) is 5.73 Å². The molecule has 0 unspecified atom stereocenters. The van der Waals surface area contributed by atoms with Crippen molar-refractivity contribution in [1.29, 1.82) is 0 Å². The highest BCUT2D eigenvalue weighted by Gasteiger charge is 2.21. The summed E-state index contributed by atoms with van der Waals surface area (Å²) >= 11 is 0. The number of carbonyl (C=O) groups excluding carboxylic acids is 3. The van der Waals surface area contributed by atoms with Crippen LogP contribution in [0.3, 0.4) is 0 Å². The highest BCUT2D eigenvalue weighted by molar-refractivity contribution is 5.98. The number of hydrogen-bond donors (Lipinski definition) is 2. The normalized spacial score (nSPS) is 11.6. The third kappa shape index (κ3) is 3.97. The second-order valence-corrected chi connectivity index (χ2v) is 4.87. The highest BCUT2D eigenvalue weighted by Crippen LogP contribution is 2.13. The van der Waals surface area contributed by atoms with Crippen molar-refractivity contribution < 1.29 is 23.5 Å². The molecule has 0 aliphatic carbocycles. The van der Waals surface area contributed by atoms with Crippen LogP contribution in [0.25, 0.3) is 0 Å². The van der Waals surface area contributed by atoms with Crippen LogP contribution in [0.4, 0.5) is 5.69 Å². The summed E-state index contributed by atoms with van der Waals surface area (Å²) in [5.41, 5.74) is 6.20. The summed E-state index contributed by atoms with van der Waals surface area (Å²) in [5, 5.41) is 2.58. The van der Waals surface area contributed by atoms with Crippen LogP contribution in [0.5, 0.6) is 0 Å². The molecule has 0 saturated heterocycles. The minimum Gasteiger partial charge on any atom is -0.469 e. The van der Waals surface area contributed by atoms with E-state index in [-0.39, 0.29) is 5.56 Å². The van der Waals surface area contributed by atoms with Gasteiger partial charge in [0.1, 0.15) is 11.3 Å². The molecule has 0 fully saturated rings. The molecule has 0 aliphatic heterocycles. The van der Waals surface area contributed by atoms with Gasteiger partial charge in [0.05, 0.1) is 6.26 Å². The van der Waals surface area contributed by atoms with Crippen molar-refractivity contribution in [2.45, 2.75) is 20.0 Å². The topological polar surface area (TPSA) is 112 Å². The van der Waals surface area contributed by atoms with Crippen LogP contribution in [0, 0.1) is 6.92 Å². The number of furan rings is 1. The van der Waals surface area contributed by atoms with Crippen LogP contribution >= 0.6 is 0 Å². The van der Waals surface area contributed by atoms with Gasteiger partial charge in [-0.2, -0.15) is 0 Å². The summed E-state index contributed by atoms with van der Waals surface area (Å²) in [6.45, 7) is 3.09. The quantitative estimate of drug-likeness (QED) is 0.818.